The van der Waals surface area contributed by atoms with Gasteiger partial charge in [0.1, 0.15) is 5.60 Å². The summed E-state index contributed by atoms with van der Waals surface area (Å²) in [5, 5.41) is 10.5. The molecular formula is C12H21NO5. The standard InChI is InChI=1S/C12H21NO5/c1-4-17-10(14)9(11(15)18-5-2)12(16)6-7-13(3)8-12/h9,16H,4-8H2,1-3H3. The van der Waals surface area contributed by atoms with Crippen LogP contribution in [-0.4, -0.2) is 60.9 Å². The number of hydrogen-bond donors (Lipinski definition) is 1. The number of β-amino-alcohol motifs (C(OH)–C–C–N with tert-alkyl or cyclic N) is 1. The van der Waals surface area contributed by atoms with Crippen molar-refractivity contribution in [3.05, 3.63) is 0 Å². The second-order valence-corrected chi connectivity index (χ2v) is 4.53. The number of aliphatic hydroxyl groups is 1. The normalized spacial score (nSPS) is 24.3. The molecule has 18 heavy (non-hydrogen) atoms. The average Bonchev–Trinajstić information content (AvgIpc) is 2.60. The molecule has 0 aromatic carbocycles. The fourth-order valence-electron chi connectivity index (χ4n) is 2.23. The van der Waals surface area contributed by atoms with E-state index in [1.807, 2.05) is 11.9 Å². The van der Waals surface area contributed by atoms with Crippen molar-refractivity contribution in [3.63, 3.8) is 0 Å². The minimum atomic E-state index is -1.40. The molecule has 0 aliphatic carbocycles. The molecule has 1 fully saturated rings. The number of carbonyl (C=O) groups excluding carboxylic acids is 2. The van der Waals surface area contributed by atoms with Crippen LogP contribution in [0.15, 0.2) is 0 Å². The van der Waals surface area contributed by atoms with E-state index in [1.165, 1.54) is 0 Å². The van der Waals surface area contributed by atoms with Gasteiger partial charge in [0.2, 0.25) is 0 Å². The summed E-state index contributed by atoms with van der Waals surface area (Å²) in [7, 11) is 1.82. The van der Waals surface area contributed by atoms with E-state index in [4.69, 9.17) is 9.47 Å². The topological polar surface area (TPSA) is 76.1 Å². The van der Waals surface area contributed by atoms with Crippen LogP contribution in [0.4, 0.5) is 0 Å². The summed E-state index contributed by atoms with van der Waals surface area (Å²) in [4.78, 5) is 25.6. The van der Waals surface area contributed by atoms with E-state index < -0.39 is 23.5 Å². The Morgan fingerprint density at radius 1 is 1.28 bits per heavy atom. The van der Waals surface area contributed by atoms with Gasteiger partial charge in [-0.2, -0.15) is 0 Å². The molecule has 1 rings (SSSR count). The minimum Gasteiger partial charge on any atom is -0.465 e. The van der Waals surface area contributed by atoms with E-state index in [-0.39, 0.29) is 19.8 Å². The summed E-state index contributed by atoms with van der Waals surface area (Å²) in [6, 6.07) is 0. The van der Waals surface area contributed by atoms with Crippen LogP contribution in [0.2, 0.25) is 0 Å². The van der Waals surface area contributed by atoms with E-state index in [9.17, 15) is 14.7 Å². The van der Waals surface area contributed by atoms with Crippen molar-refractivity contribution in [1.82, 2.24) is 4.90 Å². The quantitative estimate of drug-likeness (QED) is 0.544. The first kappa shape index (κ1) is 14.9. The third kappa shape index (κ3) is 3.20. The molecule has 0 aromatic rings. The Hall–Kier alpha value is -1.14. The third-order valence-corrected chi connectivity index (χ3v) is 3.05. The highest BCUT2D eigenvalue weighted by atomic mass is 16.6. The van der Waals surface area contributed by atoms with Gasteiger partial charge < -0.3 is 19.5 Å². The average molecular weight is 259 g/mol. The zero-order valence-electron chi connectivity index (χ0n) is 11.1. The van der Waals surface area contributed by atoms with Gasteiger partial charge in [0.15, 0.2) is 5.92 Å². The number of hydrogen-bond acceptors (Lipinski definition) is 6. The summed E-state index contributed by atoms with van der Waals surface area (Å²) < 4.78 is 9.73. The summed E-state index contributed by atoms with van der Waals surface area (Å²) in [6.07, 6.45) is 0.353. The Bertz CT molecular complexity index is 302. The first-order valence-electron chi connectivity index (χ1n) is 6.18. The largest absolute Gasteiger partial charge is 0.465 e. The van der Waals surface area contributed by atoms with Crippen molar-refractivity contribution in [3.8, 4) is 0 Å². The zero-order valence-corrected chi connectivity index (χ0v) is 11.1. The van der Waals surface area contributed by atoms with Crippen molar-refractivity contribution < 1.29 is 24.2 Å². The van der Waals surface area contributed by atoms with Gasteiger partial charge in [-0.3, -0.25) is 9.59 Å². The highest BCUT2D eigenvalue weighted by Crippen LogP contribution is 2.30. The zero-order chi connectivity index (χ0) is 13.8. The van der Waals surface area contributed by atoms with Crippen LogP contribution >= 0.6 is 0 Å². The van der Waals surface area contributed by atoms with Crippen molar-refractivity contribution in [2.45, 2.75) is 25.9 Å². The lowest BCUT2D eigenvalue weighted by atomic mass is 9.86. The predicted octanol–water partition coefficient (Wildman–Crippen LogP) is -0.205. The summed E-state index contributed by atoms with van der Waals surface area (Å²) >= 11 is 0. The molecule has 0 aromatic heterocycles. The van der Waals surface area contributed by atoms with E-state index in [2.05, 4.69) is 0 Å². The Morgan fingerprint density at radius 2 is 1.78 bits per heavy atom. The Labute approximate surface area is 107 Å². The number of esters is 2. The van der Waals surface area contributed by atoms with E-state index in [0.717, 1.165) is 0 Å². The van der Waals surface area contributed by atoms with Crippen molar-refractivity contribution in [2.24, 2.45) is 5.92 Å². The van der Waals surface area contributed by atoms with Gasteiger partial charge in [-0.1, -0.05) is 0 Å². The monoisotopic (exact) mass is 259 g/mol. The third-order valence-electron chi connectivity index (χ3n) is 3.05. The molecule has 0 saturated carbocycles. The minimum absolute atomic E-state index is 0.167. The van der Waals surface area contributed by atoms with Crippen LogP contribution in [0, 0.1) is 5.92 Å². The van der Waals surface area contributed by atoms with Crippen LogP contribution in [0.25, 0.3) is 0 Å². The second kappa shape index (κ2) is 6.15. The molecule has 6 heteroatoms. The van der Waals surface area contributed by atoms with Gasteiger partial charge in [0, 0.05) is 13.1 Å². The summed E-state index contributed by atoms with van der Waals surface area (Å²) in [5.41, 5.74) is -1.40. The maximum Gasteiger partial charge on any atom is 0.323 e. The Balaban J connectivity index is 2.89. The fourth-order valence-corrected chi connectivity index (χ4v) is 2.23. The molecule has 0 radical (unpaired) electrons. The number of likely N-dealkylation sites (N-methyl/N-ethyl adjacent to an activating group) is 1. The first-order valence-corrected chi connectivity index (χ1v) is 6.18. The van der Waals surface area contributed by atoms with Crippen molar-refractivity contribution >= 4 is 11.9 Å². The SMILES string of the molecule is CCOC(=O)C(C(=O)OCC)C1(O)CCN(C)C1. The van der Waals surface area contributed by atoms with Crippen LogP contribution in [0.5, 0.6) is 0 Å². The van der Waals surface area contributed by atoms with Crippen LogP contribution in [-0.2, 0) is 19.1 Å². The molecule has 0 bridgehead atoms. The van der Waals surface area contributed by atoms with Gasteiger partial charge in [0.25, 0.3) is 0 Å². The highest BCUT2D eigenvalue weighted by Gasteiger charge is 2.51. The smallest absolute Gasteiger partial charge is 0.323 e. The van der Waals surface area contributed by atoms with Crippen LogP contribution in [0.1, 0.15) is 20.3 Å². The van der Waals surface area contributed by atoms with Gasteiger partial charge in [0.05, 0.1) is 13.2 Å². The second-order valence-electron chi connectivity index (χ2n) is 4.53. The number of likely N-dealkylation sites (tertiary alicyclic amines) is 1. The van der Waals surface area contributed by atoms with Crippen molar-refractivity contribution in [2.75, 3.05) is 33.4 Å². The molecule has 0 spiro atoms. The van der Waals surface area contributed by atoms with Gasteiger partial charge in [-0.15, -0.1) is 0 Å². The molecule has 0 amide bonds. The van der Waals surface area contributed by atoms with Crippen molar-refractivity contribution in [1.29, 1.82) is 0 Å². The fraction of sp³-hybridized carbons (Fsp3) is 0.833. The number of nitrogens with zero attached hydrogens (tertiary/aromatic N) is 1. The van der Waals surface area contributed by atoms with Crippen LogP contribution < -0.4 is 0 Å². The molecule has 1 aliphatic heterocycles. The highest BCUT2D eigenvalue weighted by molar-refractivity contribution is 5.96. The number of carbonyl (C=O) groups is 2. The molecule has 1 saturated heterocycles. The molecular weight excluding hydrogens is 238 g/mol. The summed E-state index contributed by atoms with van der Waals surface area (Å²) in [5.74, 6) is -2.69. The lowest BCUT2D eigenvalue weighted by molar-refractivity contribution is -0.173. The van der Waals surface area contributed by atoms with E-state index >= 15 is 0 Å². The molecule has 1 unspecified atom stereocenters. The maximum atomic E-state index is 11.9. The molecule has 1 aliphatic rings. The Kier molecular flexibility index (Phi) is 5.10. The summed E-state index contributed by atoms with van der Waals surface area (Å²) in [6.45, 7) is 4.54. The molecule has 1 N–H and O–H groups in total. The lowest BCUT2D eigenvalue weighted by Gasteiger charge is -2.28. The van der Waals surface area contributed by atoms with Crippen LogP contribution in [0.3, 0.4) is 0 Å². The first-order chi connectivity index (χ1) is 8.44. The number of rotatable bonds is 5. The van der Waals surface area contributed by atoms with Gasteiger partial charge in [-0.05, 0) is 27.3 Å². The lowest BCUT2D eigenvalue weighted by Crippen LogP contribution is -2.49. The molecule has 104 valence electrons. The predicted molar refractivity (Wildman–Crippen MR) is 63.8 cm³/mol. The van der Waals surface area contributed by atoms with Gasteiger partial charge in [-0.25, -0.2) is 0 Å². The van der Waals surface area contributed by atoms with Gasteiger partial charge >= 0.3 is 11.9 Å². The number of ether oxygens (including phenoxy) is 2. The molecule has 1 heterocycles. The Morgan fingerprint density at radius 3 is 2.11 bits per heavy atom. The molecule has 6 nitrogen and oxygen atoms in total. The van der Waals surface area contributed by atoms with E-state index in [0.29, 0.717) is 13.0 Å². The maximum absolute atomic E-state index is 11.9. The molecule has 1 atom stereocenters. The van der Waals surface area contributed by atoms with E-state index in [1.54, 1.807) is 13.8 Å².